The minimum atomic E-state index is -0.280. The molecule has 0 aliphatic carbocycles. The third-order valence-electron chi connectivity index (χ3n) is 3.70. The molecule has 0 bridgehead atoms. The van der Waals surface area contributed by atoms with Crippen molar-refractivity contribution >= 4 is 27.5 Å². The standard InChI is InChI=1S/C18H18BrN3O/c1-13(22(2)12-15-5-3-4-6-17(15)19)18(23)21-16-9-7-14(11-20)8-10-16/h3-10,13H,12H2,1-2H3,(H,21,23)/t13-/m0/s1. The molecule has 0 saturated carbocycles. The Hall–Kier alpha value is -2.16. The normalized spacial score (nSPS) is 11.8. The molecule has 2 aromatic rings. The second-order valence-corrected chi connectivity index (χ2v) is 6.22. The van der Waals surface area contributed by atoms with Gasteiger partial charge in [-0.25, -0.2) is 0 Å². The Morgan fingerprint density at radius 3 is 2.52 bits per heavy atom. The molecule has 23 heavy (non-hydrogen) atoms. The number of hydrogen-bond donors (Lipinski definition) is 1. The predicted octanol–water partition coefficient (Wildman–Crippen LogP) is 3.78. The van der Waals surface area contributed by atoms with Crippen molar-refractivity contribution in [2.45, 2.75) is 19.5 Å². The van der Waals surface area contributed by atoms with E-state index in [0.29, 0.717) is 17.8 Å². The van der Waals surface area contributed by atoms with Crippen molar-refractivity contribution in [3.8, 4) is 6.07 Å². The van der Waals surface area contributed by atoms with Crippen LogP contribution in [0.1, 0.15) is 18.1 Å². The molecule has 0 unspecified atom stereocenters. The van der Waals surface area contributed by atoms with E-state index < -0.39 is 0 Å². The molecule has 0 heterocycles. The van der Waals surface area contributed by atoms with E-state index in [1.165, 1.54) is 0 Å². The minimum Gasteiger partial charge on any atom is -0.325 e. The summed E-state index contributed by atoms with van der Waals surface area (Å²) in [7, 11) is 1.92. The highest BCUT2D eigenvalue weighted by molar-refractivity contribution is 9.10. The van der Waals surface area contributed by atoms with Gasteiger partial charge in [0.15, 0.2) is 0 Å². The molecule has 0 radical (unpaired) electrons. The summed E-state index contributed by atoms with van der Waals surface area (Å²) in [6.07, 6.45) is 0. The van der Waals surface area contributed by atoms with Gasteiger partial charge in [-0.3, -0.25) is 9.69 Å². The van der Waals surface area contributed by atoms with Crippen LogP contribution >= 0.6 is 15.9 Å². The van der Waals surface area contributed by atoms with Gasteiger partial charge in [0.1, 0.15) is 0 Å². The average molecular weight is 372 g/mol. The fraction of sp³-hybridized carbons (Fsp3) is 0.222. The van der Waals surface area contributed by atoms with Gasteiger partial charge in [0.2, 0.25) is 5.91 Å². The molecule has 4 nitrogen and oxygen atoms in total. The van der Waals surface area contributed by atoms with Crippen molar-refractivity contribution in [2.75, 3.05) is 12.4 Å². The molecule has 0 aliphatic rings. The summed E-state index contributed by atoms with van der Waals surface area (Å²) < 4.78 is 1.03. The maximum atomic E-state index is 12.4. The van der Waals surface area contributed by atoms with Crippen molar-refractivity contribution in [3.63, 3.8) is 0 Å². The number of carbonyl (C=O) groups is 1. The second kappa shape index (κ2) is 7.91. The monoisotopic (exact) mass is 371 g/mol. The number of likely N-dealkylation sites (N-methyl/N-ethyl adjacent to an activating group) is 1. The van der Waals surface area contributed by atoms with Gasteiger partial charge in [-0.2, -0.15) is 5.26 Å². The second-order valence-electron chi connectivity index (χ2n) is 5.36. The number of benzene rings is 2. The first-order chi connectivity index (χ1) is 11.0. The number of nitrogens with one attached hydrogen (secondary N) is 1. The molecular weight excluding hydrogens is 354 g/mol. The topological polar surface area (TPSA) is 56.1 Å². The highest BCUT2D eigenvalue weighted by Gasteiger charge is 2.18. The van der Waals surface area contributed by atoms with E-state index in [9.17, 15) is 4.79 Å². The van der Waals surface area contributed by atoms with Gasteiger partial charge in [-0.05, 0) is 49.9 Å². The fourth-order valence-electron chi connectivity index (χ4n) is 2.11. The lowest BCUT2D eigenvalue weighted by molar-refractivity contribution is -0.120. The van der Waals surface area contributed by atoms with Crippen LogP contribution in [-0.2, 0) is 11.3 Å². The lowest BCUT2D eigenvalue weighted by Gasteiger charge is -2.24. The number of hydrogen-bond acceptors (Lipinski definition) is 3. The Bertz CT molecular complexity index is 722. The van der Waals surface area contributed by atoms with Gasteiger partial charge in [-0.1, -0.05) is 34.1 Å². The summed E-state index contributed by atoms with van der Waals surface area (Å²) in [5, 5.41) is 11.7. The summed E-state index contributed by atoms with van der Waals surface area (Å²) in [6.45, 7) is 2.54. The van der Waals surface area contributed by atoms with Gasteiger partial charge in [0.25, 0.3) is 0 Å². The Balaban J connectivity index is 1.98. The highest BCUT2D eigenvalue weighted by Crippen LogP contribution is 2.18. The van der Waals surface area contributed by atoms with Crippen LogP contribution in [-0.4, -0.2) is 23.9 Å². The van der Waals surface area contributed by atoms with Crippen molar-refractivity contribution < 1.29 is 4.79 Å². The zero-order chi connectivity index (χ0) is 16.8. The van der Waals surface area contributed by atoms with Crippen LogP contribution in [0.5, 0.6) is 0 Å². The fourth-order valence-corrected chi connectivity index (χ4v) is 2.52. The average Bonchev–Trinajstić information content (AvgIpc) is 2.56. The van der Waals surface area contributed by atoms with E-state index in [1.807, 2.05) is 43.1 Å². The first kappa shape index (κ1) is 17.2. The molecule has 1 atom stereocenters. The van der Waals surface area contributed by atoms with Gasteiger partial charge < -0.3 is 5.32 Å². The number of rotatable bonds is 5. The van der Waals surface area contributed by atoms with Gasteiger partial charge in [-0.15, -0.1) is 0 Å². The largest absolute Gasteiger partial charge is 0.325 e. The molecule has 0 aliphatic heterocycles. The van der Waals surface area contributed by atoms with Crippen LogP contribution in [0, 0.1) is 11.3 Å². The van der Waals surface area contributed by atoms with Crippen LogP contribution < -0.4 is 5.32 Å². The maximum absolute atomic E-state index is 12.4. The SMILES string of the molecule is C[C@@H](C(=O)Nc1ccc(C#N)cc1)N(C)Cc1ccccc1Br. The molecule has 2 rings (SSSR count). The van der Waals surface area contributed by atoms with Crippen molar-refractivity contribution in [1.29, 1.82) is 5.26 Å². The molecule has 1 amide bonds. The summed E-state index contributed by atoms with van der Waals surface area (Å²) in [5.74, 6) is -0.0794. The smallest absolute Gasteiger partial charge is 0.241 e. The Morgan fingerprint density at radius 1 is 1.26 bits per heavy atom. The number of amides is 1. The lowest BCUT2D eigenvalue weighted by Crippen LogP contribution is -2.39. The molecule has 0 spiro atoms. The number of halogens is 1. The van der Waals surface area contributed by atoms with E-state index in [0.717, 1.165) is 10.0 Å². The quantitative estimate of drug-likeness (QED) is 0.869. The number of nitrogens with zero attached hydrogens (tertiary/aromatic N) is 2. The van der Waals surface area contributed by atoms with Gasteiger partial charge >= 0.3 is 0 Å². The van der Waals surface area contributed by atoms with E-state index in [2.05, 4.69) is 27.3 Å². The summed E-state index contributed by atoms with van der Waals surface area (Å²) >= 11 is 3.52. The van der Waals surface area contributed by atoms with Crippen LogP contribution in [0.2, 0.25) is 0 Å². The Kier molecular flexibility index (Phi) is 5.91. The molecule has 5 heteroatoms. The lowest BCUT2D eigenvalue weighted by atomic mass is 10.1. The van der Waals surface area contributed by atoms with Crippen LogP contribution in [0.4, 0.5) is 5.69 Å². The van der Waals surface area contributed by atoms with E-state index in [4.69, 9.17) is 5.26 Å². The van der Waals surface area contributed by atoms with Crippen molar-refractivity contribution in [2.24, 2.45) is 0 Å². The third kappa shape index (κ3) is 4.65. The summed E-state index contributed by atoms with van der Waals surface area (Å²) in [6, 6.07) is 16.6. The molecule has 118 valence electrons. The number of anilines is 1. The zero-order valence-electron chi connectivity index (χ0n) is 13.1. The molecule has 0 aromatic heterocycles. The van der Waals surface area contributed by atoms with Crippen molar-refractivity contribution in [1.82, 2.24) is 4.90 Å². The Labute approximate surface area is 144 Å². The zero-order valence-corrected chi connectivity index (χ0v) is 14.7. The third-order valence-corrected chi connectivity index (χ3v) is 4.47. The minimum absolute atomic E-state index is 0.0794. The molecule has 2 aromatic carbocycles. The number of carbonyl (C=O) groups excluding carboxylic acids is 1. The van der Waals surface area contributed by atoms with Gasteiger partial charge in [0, 0.05) is 16.7 Å². The van der Waals surface area contributed by atoms with E-state index >= 15 is 0 Å². The predicted molar refractivity (Wildman–Crippen MR) is 94.9 cm³/mol. The first-order valence-corrected chi connectivity index (χ1v) is 8.05. The molecule has 0 saturated heterocycles. The first-order valence-electron chi connectivity index (χ1n) is 7.26. The van der Waals surface area contributed by atoms with E-state index in [1.54, 1.807) is 24.3 Å². The molecular formula is C18H18BrN3O. The maximum Gasteiger partial charge on any atom is 0.241 e. The Morgan fingerprint density at radius 2 is 1.91 bits per heavy atom. The highest BCUT2D eigenvalue weighted by atomic mass is 79.9. The van der Waals surface area contributed by atoms with E-state index in [-0.39, 0.29) is 11.9 Å². The van der Waals surface area contributed by atoms with Crippen molar-refractivity contribution in [3.05, 3.63) is 64.1 Å². The van der Waals surface area contributed by atoms with Crippen LogP contribution in [0.25, 0.3) is 0 Å². The van der Waals surface area contributed by atoms with Gasteiger partial charge in [0.05, 0.1) is 17.7 Å². The summed E-state index contributed by atoms with van der Waals surface area (Å²) in [4.78, 5) is 14.3. The molecule has 0 fully saturated rings. The summed E-state index contributed by atoms with van der Waals surface area (Å²) in [5.41, 5.74) is 2.39. The molecule has 1 N–H and O–H groups in total. The van der Waals surface area contributed by atoms with Crippen LogP contribution in [0.15, 0.2) is 53.0 Å². The number of nitriles is 1. The van der Waals surface area contributed by atoms with Crippen LogP contribution in [0.3, 0.4) is 0 Å².